The van der Waals surface area contributed by atoms with Gasteiger partial charge in [0.25, 0.3) is 0 Å². The predicted octanol–water partition coefficient (Wildman–Crippen LogP) is 5.83. The van der Waals surface area contributed by atoms with E-state index >= 15 is 0 Å². The van der Waals surface area contributed by atoms with Crippen molar-refractivity contribution >= 4 is 24.0 Å². The molecule has 3 rings (SSSR count). The minimum Gasteiger partial charge on any atom is -0.460 e. The second-order valence-corrected chi connectivity index (χ2v) is 6.28. The van der Waals surface area contributed by atoms with Gasteiger partial charge in [0.05, 0.1) is 6.54 Å². The van der Waals surface area contributed by atoms with Crippen LogP contribution in [-0.4, -0.2) is 6.04 Å². The maximum atomic E-state index is 5.93. The topological polar surface area (TPSA) is 25.2 Å². The Morgan fingerprint density at radius 3 is 2.32 bits per heavy atom. The molecule has 1 heterocycles. The van der Waals surface area contributed by atoms with Crippen molar-refractivity contribution in [2.24, 2.45) is 0 Å². The van der Waals surface area contributed by atoms with Gasteiger partial charge in [0.2, 0.25) is 0 Å². The molecule has 22 heavy (non-hydrogen) atoms. The van der Waals surface area contributed by atoms with Crippen LogP contribution in [0.1, 0.15) is 44.3 Å². The van der Waals surface area contributed by atoms with E-state index in [9.17, 15) is 0 Å². The Morgan fingerprint density at radius 1 is 0.955 bits per heavy atom. The van der Waals surface area contributed by atoms with Crippen LogP contribution in [0.4, 0.5) is 0 Å². The number of rotatable bonds is 4. The highest BCUT2D eigenvalue weighted by Crippen LogP contribution is 2.24. The van der Waals surface area contributed by atoms with Crippen molar-refractivity contribution in [3.8, 4) is 11.3 Å². The zero-order chi connectivity index (χ0) is 14.5. The molecule has 1 saturated carbocycles. The lowest BCUT2D eigenvalue weighted by Crippen LogP contribution is -2.27. The van der Waals surface area contributed by atoms with Crippen molar-refractivity contribution in [3.05, 3.63) is 47.2 Å². The van der Waals surface area contributed by atoms with Crippen molar-refractivity contribution in [1.82, 2.24) is 5.32 Å². The summed E-state index contributed by atoms with van der Waals surface area (Å²) in [6.07, 6.45) is 8.08. The van der Waals surface area contributed by atoms with Crippen LogP contribution in [0.2, 0.25) is 5.02 Å². The summed E-state index contributed by atoms with van der Waals surface area (Å²) in [5.41, 5.74) is 1.07. The molecule has 2 aromatic rings. The van der Waals surface area contributed by atoms with E-state index in [-0.39, 0.29) is 12.4 Å². The van der Waals surface area contributed by atoms with Crippen LogP contribution in [0.5, 0.6) is 0 Å². The number of furan rings is 1. The molecule has 1 aromatic carbocycles. The molecule has 1 aromatic heterocycles. The van der Waals surface area contributed by atoms with Gasteiger partial charge in [-0.2, -0.15) is 0 Å². The molecule has 0 amide bonds. The maximum Gasteiger partial charge on any atom is 0.134 e. The molecule has 1 N–H and O–H groups in total. The Balaban J connectivity index is 0.00000176. The van der Waals surface area contributed by atoms with E-state index in [1.165, 1.54) is 38.5 Å². The number of nitrogens with one attached hydrogen (secondary N) is 1. The molecule has 0 aliphatic heterocycles. The first-order valence-electron chi connectivity index (χ1n) is 7.89. The fourth-order valence-corrected chi connectivity index (χ4v) is 3.10. The second-order valence-electron chi connectivity index (χ2n) is 5.84. The minimum absolute atomic E-state index is 0. The summed E-state index contributed by atoms with van der Waals surface area (Å²) < 4.78 is 5.93. The van der Waals surface area contributed by atoms with E-state index in [1.807, 2.05) is 30.3 Å². The van der Waals surface area contributed by atoms with E-state index in [0.29, 0.717) is 6.04 Å². The van der Waals surface area contributed by atoms with Gasteiger partial charge in [-0.15, -0.1) is 12.4 Å². The zero-order valence-corrected chi connectivity index (χ0v) is 14.3. The molecule has 120 valence electrons. The third-order valence-corrected chi connectivity index (χ3v) is 4.46. The molecule has 1 fully saturated rings. The Hall–Kier alpha value is -0.960. The maximum absolute atomic E-state index is 5.93. The fraction of sp³-hybridized carbons (Fsp3) is 0.444. The highest BCUT2D eigenvalue weighted by atomic mass is 35.5. The van der Waals surface area contributed by atoms with Crippen LogP contribution in [0.25, 0.3) is 11.3 Å². The van der Waals surface area contributed by atoms with Gasteiger partial charge in [-0.05, 0) is 49.2 Å². The summed E-state index contributed by atoms with van der Waals surface area (Å²) >= 11 is 5.91. The second kappa shape index (κ2) is 8.61. The summed E-state index contributed by atoms with van der Waals surface area (Å²) in [4.78, 5) is 0. The van der Waals surface area contributed by atoms with Crippen LogP contribution in [0.15, 0.2) is 40.8 Å². The Morgan fingerprint density at radius 2 is 1.64 bits per heavy atom. The highest BCUT2D eigenvalue weighted by Gasteiger charge is 2.12. The van der Waals surface area contributed by atoms with Crippen molar-refractivity contribution in [2.75, 3.05) is 0 Å². The Kier molecular flexibility index (Phi) is 6.81. The number of benzene rings is 1. The first-order valence-corrected chi connectivity index (χ1v) is 8.27. The van der Waals surface area contributed by atoms with Gasteiger partial charge < -0.3 is 9.73 Å². The van der Waals surface area contributed by atoms with Crippen LogP contribution in [0, 0.1) is 0 Å². The summed E-state index contributed by atoms with van der Waals surface area (Å²) in [5.74, 6) is 1.91. The number of halogens is 2. The molecule has 0 saturated heterocycles. The molecular weight excluding hydrogens is 317 g/mol. The lowest BCUT2D eigenvalue weighted by atomic mass is 10.1. The molecule has 0 unspecified atom stereocenters. The van der Waals surface area contributed by atoms with Crippen LogP contribution >= 0.6 is 24.0 Å². The molecule has 4 heteroatoms. The monoisotopic (exact) mass is 339 g/mol. The van der Waals surface area contributed by atoms with E-state index in [1.54, 1.807) is 0 Å². The van der Waals surface area contributed by atoms with Crippen molar-refractivity contribution in [3.63, 3.8) is 0 Å². The SMILES string of the molecule is Cl.Clc1ccc(-c2ccc(CNC3CCCCCC3)o2)cc1. The highest BCUT2D eigenvalue weighted by molar-refractivity contribution is 6.30. The van der Waals surface area contributed by atoms with Crippen LogP contribution < -0.4 is 5.32 Å². The standard InChI is InChI=1S/C18H22ClNO.ClH/c19-15-9-7-14(8-10-15)18-12-11-17(21-18)13-20-16-5-3-1-2-4-6-16;/h7-12,16,20H,1-6,13H2;1H. The first-order chi connectivity index (χ1) is 10.3. The number of hydrogen-bond donors (Lipinski definition) is 1. The third-order valence-electron chi connectivity index (χ3n) is 4.21. The van der Waals surface area contributed by atoms with E-state index in [2.05, 4.69) is 11.4 Å². The largest absolute Gasteiger partial charge is 0.460 e. The summed E-state index contributed by atoms with van der Waals surface area (Å²) in [6, 6.07) is 12.5. The molecule has 0 radical (unpaired) electrons. The van der Waals surface area contributed by atoms with Crippen molar-refractivity contribution < 1.29 is 4.42 Å². The third kappa shape index (κ3) is 4.77. The number of hydrogen-bond acceptors (Lipinski definition) is 2. The predicted molar refractivity (Wildman–Crippen MR) is 94.7 cm³/mol. The molecular formula is C18H23Cl2NO. The molecule has 1 aliphatic rings. The quantitative estimate of drug-likeness (QED) is 0.708. The normalized spacial score (nSPS) is 16.0. The van der Waals surface area contributed by atoms with E-state index in [0.717, 1.165) is 28.7 Å². The lowest BCUT2D eigenvalue weighted by Gasteiger charge is -2.14. The van der Waals surface area contributed by atoms with Crippen LogP contribution in [0.3, 0.4) is 0 Å². The van der Waals surface area contributed by atoms with E-state index in [4.69, 9.17) is 16.0 Å². The van der Waals surface area contributed by atoms with Gasteiger partial charge in [0, 0.05) is 16.6 Å². The van der Waals surface area contributed by atoms with E-state index < -0.39 is 0 Å². The Labute approximate surface area is 143 Å². The van der Waals surface area contributed by atoms with Gasteiger partial charge in [-0.3, -0.25) is 0 Å². The van der Waals surface area contributed by atoms with Crippen LogP contribution in [-0.2, 0) is 6.54 Å². The van der Waals surface area contributed by atoms with Crippen molar-refractivity contribution in [2.45, 2.75) is 51.1 Å². The van der Waals surface area contributed by atoms with Gasteiger partial charge >= 0.3 is 0 Å². The van der Waals surface area contributed by atoms with Gasteiger partial charge in [0.15, 0.2) is 0 Å². The molecule has 1 aliphatic carbocycles. The van der Waals surface area contributed by atoms with Crippen molar-refractivity contribution in [1.29, 1.82) is 0 Å². The fourth-order valence-electron chi connectivity index (χ4n) is 2.97. The average molecular weight is 340 g/mol. The Bertz CT molecular complexity index is 557. The summed E-state index contributed by atoms with van der Waals surface area (Å²) in [6.45, 7) is 0.818. The lowest BCUT2D eigenvalue weighted by molar-refractivity contribution is 0.420. The average Bonchev–Trinajstić information content (AvgIpc) is 2.81. The van der Waals surface area contributed by atoms with Gasteiger partial charge in [-0.25, -0.2) is 0 Å². The van der Waals surface area contributed by atoms with Gasteiger partial charge in [0.1, 0.15) is 11.5 Å². The molecule has 0 bridgehead atoms. The summed E-state index contributed by atoms with van der Waals surface area (Å²) in [7, 11) is 0. The smallest absolute Gasteiger partial charge is 0.134 e. The molecule has 2 nitrogen and oxygen atoms in total. The summed E-state index contributed by atoms with van der Waals surface area (Å²) in [5, 5.41) is 4.39. The zero-order valence-electron chi connectivity index (χ0n) is 12.7. The molecule has 0 atom stereocenters. The van der Waals surface area contributed by atoms with Gasteiger partial charge in [-0.1, -0.05) is 37.3 Å². The minimum atomic E-state index is 0. The first kappa shape index (κ1) is 17.4. The molecule has 0 spiro atoms.